The van der Waals surface area contributed by atoms with Gasteiger partial charge in [-0.05, 0) is 35.2 Å². The average Bonchev–Trinajstić information content (AvgIpc) is 2.40. The van der Waals surface area contributed by atoms with Crippen molar-refractivity contribution in [3.05, 3.63) is 16.4 Å². The van der Waals surface area contributed by atoms with E-state index in [0.717, 1.165) is 10.9 Å². The third-order valence-electron chi connectivity index (χ3n) is 3.29. The zero-order valence-electron chi connectivity index (χ0n) is 9.12. The molecule has 0 aromatic carbocycles. The molecule has 0 bridgehead atoms. The average molecular weight is 272 g/mol. The van der Waals surface area contributed by atoms with Crippen molar-refractivity contribution in [2.24, 2.45) is 12.8 Å². The third kappa shape index (κ3) is 2.42. The van der Waals surface area contributed by atoms with E-state index in [9.17, 15) is 0 Å². The van der Waals surface area contributed by atoms with Crippen LogP contribution in [-0.2, 0) is 7.05 Å². The second-order valence-corrected chi connectivity index (χ2v) is 5.33. The molecule has 2 N–H and O–H groups in total. The Hall–Kier alpha value is -0.350. The highest BCUT2D eigenvalue weighted by Crippen LogP contribution is 2.34. The van der Waals surface area contributed by atoms with Crippen molar-refractivity contribution in [2.75, 3.05) is 0 Å². The maximum absolute atomic E-state index is 6.09. The molecular formula is C11H18BrN3. The molecule has 0 amide bonds. The Bertz CT molecular complexity index is 315. The van der Waals surface area contributed by atoms with Crippen molar-refractivity contribution < 1.29 is 0 Å². The van der Waals surface area contributed by atoms with Crippen LogP contribution in [0.5, 0.6) is 0 Å². The van der Waals surface area contributed by atoms with Crippen LogP contribution in [-0.4, -0.2) is 15.8 Å². The summed E-state index contributed by atoms with van der Waals surface area (Å²) in [4.78, 5) is 0. The minimum absolute atomic E-state index is 0.360. The van der Waals surface area contributed by atoms with E-state index in [1.165, 1.54) is 31.4 Å². The van der Waals surface area contributed by atoms with Crippen molar-refractivity contribution in [1.82, 2.24) is 9.78 Å². The van der Waals surface area contributed by atoms with Gasteiger partial charge in [0.2, 0.25) is 0 Å². The Balaban J connectivity index is 2.21. The fourth-order valence-electron chi connectivity index (χ4n) is 2.53. The lowest BCUT2D eigenvalue weighted by atomic mass is 9.95. The van der Waals surface area contributed by atoms with E-state index >= 15 is 0 Å². The van der Waals surface area contributed by atoms with Crippen LogP contribution in [0.25, 0.3) is 0 Å². The fourth-order valence-corrected chi connectivity index (χ4v) is 3.20. The summed E-state index contributed by atoms with van der Waals surface area (Å²) in [6, 6.07) is 0.360. The van der Waals surface area contributed by atoms with Gasteiger partial charge in [0.05, 0.1) is 16.4 Å². The van der Waals surface area contributed by atoms with Crippen LogP contribution in [0.3, 0.4) is 0 Å². The second-order valence-electron chi connectivity index (χ2n) is 4.48. The monoisotopic (exact) mass is 271 g/mol. The Morgan fingerprint density at radius 1 is 1.47 bits per heavy atom. The summed E-state index contributed by atoms with van der Waals surface area (Å²) in [5.41, 5.74) is 7.40. The van der Waals surface area contributed by atoms with Crippen LogP contribution in [0.2, 0.25) is 0 Å². The topological polar surface area (TPSA) is 43.8 Å². The maximum Gasteiger partial charge on any atom is 0.0635 e. The summed E-state index contributed by atoms with van der Waals surface area (Å²) in [5, 5.41) is 4.28. The van der Waals surface area contributed by atoms with E-state index in [2.05, 4.69) is 21.0 Å². The highest BCUT2D eigenvalue weighted by Gasteiger charge is 2.23. The largest absolute Gasteiger partial charge is 0.328 e. The zero-order valence-corrected chi connectivity index (χ0v) is 10.7. The number of aryl methyl sites for hydroxylation is 1. The second kappa shape index (κ2) is 4.66. The molecule has 1 aromatic rings. The summed E-state index contributed by atoms with van der Waals surface area (Å²) >= 11 is 3.57. The van der Waals surface area contributed by atoms with E-state index in [1.54, 1.807) is 0 Å². The van der Waals surface area contributed by atoms with E-state index in [4.69, 9.17) is 5.73 Å². The summed E-state index contributed by atoms with van der Waals surface area (Å²) in [5.74, 6) is 0.573. The predicted molar refractivity (Wildman–Crippen MR) is 64.7 cm³/mol. The Morgan fingerprint density at radius 2 is 2.20 bits per heavy atom. The maximum atomic E-state index is 6.09. The number of rotatable bonds is 1. The van der Waals surface area contributed by atoms with Crippen LogP contribution in [0.4, 0.5) is 0 Å². The van der Waals surface area contributed by atoms with Gasteiger partial charge in [0, 0.05) is 19.0 Å². The molecular weight excluding hydrogens is 254 g/mol. The summed E-state index contributed by atoms with van der Waals surface area (Å²) < 4.78 is 3.11. The highest BCUT2D eigenvalue weighted by molar-refractivity contribution is 9.10. The first-order chi connectivity index (χ1) is 7.18. The molecule has 1 aliphatic rings. The van der Waals surface area contributed by atoms with Crippen LogP contribution < -0.4 is 5.73 Å². The molecule has 4 heteroatoms. The molecule has 1 aromatic heterocycles. The van der Waals surface area contributed by atoms with Crippen LogP contribution in [0.1, 0.15) is 43.7 Å². The molecule has 15 heavy (non-hydrogen) atoms. The molecule has 84 valence electrons. The van der Waals surface area contributed by atoms with E-state index in [1.807, 2.05) is 17.9 Å². The van der Waals surface area contributed by atoms with E-state index in [0.29, 0.717) is 12.0 Å². The molecule has 0 spiro atoms. The molecule has 0 radical (unpaired) electrons. The first-order valence-corrected chi connectivity index (χ1v) is 6.40. The molecule has 3 nitrogen and oxygen atoms in total. The lowest BCUT2D eigenvalue weighted by molar-refractivity contribution is 0.504. The highest BCUT2D eigenvalue weighted by atomic mass is 79.9. The van der Waals surface area contributed by atoms with Gasteiger partial charge in [-0.25, -0.2) is 0 Å². The lowest BCUT2D eigenvalue weighted by Gasteiger charge is -2.17. The van der Waals surface area contributed by atoms with Gasteiger partial charge in [0.15, 0.2) is 0 Å². The molecule has 1 saturated carbocycles. The minimum atomic E-state index is 0.360. The number of halogens is 1. The summed E-state index contributed by atoms with van der Waals surface area (Å²) in [6.45, 7) is 0. The summed E-state index contributed by atoms with van der Waals surface area (Å²) in [6.07, 6.45) is 7.95. The molecule has 1 heterocycles. The first kappa shape index (κ1) is 11.1. The number of nitrogens with two attached hydrogens (primary N) is 1. The smallest absolute Gasteiger partial charge is 0.0635 e. The van der Waals surface area contributed by atoms with E-state index in [-0.39, 0.29) is 0 Å². The Labute approximate surface area is 99.2 Å². The van der Waals surface area contributed by atoms with Crippen LogP contribution >= 0.6 is 15.9 Å². The van der Waals surface area contributed by atoms with Crippen LogP contribution in [0, 0.1) is 0 Å². The van der Waals surface area contributed by atoms with Gasteiger partial charge in [-0.1, -0.05) is 12.8 Å². The Morgan fingerprint density at radius 3 is 2.87 bits per heavy atom. The molecule has 1 aliphatic carbocycles. The zero-order chi connectivity index (χ0) is 10.8. The lowest BCUT2D eigenvalue weighted by Crippen LogP contribution is -2.21. The van der Waals surface area contributed by atoms with Gasteiger partial charge in [0.25, 0.3) is 0 Å². The molecule has 2 atom stereocenters. The Kier molecular flexibility index (Phi) is 3.46. The summed E-state index contributed by atoms with van der Waals surface area (Å²) in [7, 11) is 2.01. The molecule has 2 unspecified atom stereocenters. The van der Waals surface area contributed by atoms with Gasteiger partial charge >= 0.3 is 0 Å². The van der Waals surface area contributed by atoms with Gasteiger partial charge in [-0.3, -0.25) is 4.68 Å². The standard InChI is InChI=1S/C11H18BrN3/c1-15-11(10(12)7-14-15)8-4-2-3-5-9(13)6-8/h7-9H,2-6,13H2,1H3. The molecule has 1 fully saturated rings. The van der Waals surface area contributed by atoms with Gasteiger partial charge in [-0.15, -0.1) is 0 Å². The van der Waals surface area contributed by atoms with Crippen molar-refractivity contribution in [3.8, 4) is 0 Å². The van der Waals surface area contributed by atoms with Crippen molar-refractivity contribution in [1.29, 1.82) is 0 Å². The van der Waals surface area contributed by atoms with E-state index < -0.39 is 0 Å². The van der Waals surface area contributed by atoms with Crippen molar-refractivity contribution in [3.63, 3.8) is 0 Å². The number of aromatic nitrogens is 2. The predicted octanol–water partition coefficient (Wildman–Crippen LogP) is 2.56. The normalized spacial score (nSPS) is 27.7. The minimum Gasteiger partial charge on any atom is -0.328 e. The van der Waals surface area contributed by atoms with Gasteiger partial charge in [-0.2, -0.15) is 5.10 Å². The van der Waals surface area contributed by atoms with Crippen molar-refractivity contribution in [2.45, 2.75) is 44.1 Å². The quantitative estimate of drug-likeness (QED) is 0.798. The van der Waals surface area contributed by atoms with Crippen LogP contribution in [0.15, 0.2) is 10.7 Å². The molecule has 0 saturated heterocycles. The molecule has 2 rings (SSSR count). The SMILES string of the molecule is Cn1ncc(Br)c1C1CCCCC(N)C1. The third-order valence-corrected chi connectivity index (χ3v) is 3.90. The first-order valence-electron chi connectivity index (χ1n) is 5.61. The van der Waals surface area contributed by atoms with Gasteiger partial charge in [0.1, 0.15) is 0 Å². The molecule has 0 aliphatic heterocycles. The van der Waals surface area contributed by atoms with Gasteiger partial charge < -0.3 is 5.73 Å². The fraction of sp³-hybridized carbons (Fsp3) is 0.727. The number of hydrogen-bond donors (Lipinski definition) is 1. The number of hydrogen-bond acceptors (Lipinski definition) is 2. The van der Waals surface area contributed by atoms with Crippen molar-refractivity contribution >= 4 is 15.9 Å². The number of nitrogens with zero attached hydrogens (tertiary/aromatic N) is 2.